The number of esters is 1. The van der Waals surface area contributed by atoms with Gasteiger partial charge in [-0.1, -0.05) is 53.5 Å². The second-order valence-corrected chi connectivity index (χ2v) is 7.01. The van der Waals surface area contributed by atoms with Crippen LogP contribution in [-0.2, 0) is 16.0 Å². The van der Waals surface area contributed by atoms with Crippen molar-refractivity contribution < 1.29 is 14.3 Å². The summed E-state index contributed by atoms with van der Waals surface area (Å²) in [5.74, 6) is -0.985. The molecule has 2 aromatic carbocycles. The van der Waals surface area contributed by atoms with Gasteiger partial charge < -0.3 is 10.1 Å². The molecule has 0 unspecified atom stereocenters. The molecule has 0 saturated carbocycles. The van der Waals surface area contributed by atoms with E-state index in [1.54, 1.807) is 0 Å². The van der Waals surface area contributed by atoms with E-state index < -0.39 is 12.1 Å². The van der Waals surface area contributed by atoms with Gasteiger partial charge in [0.25, 0.3) is 5.91 Å². The number of carbonyl (C=O) groups excluding carboxylic acids is 2. The number of ether oxygens (including phenoxy) is 1. The first-order valence-corrected chi connectivity index (χ1v) is 9.12. The largest absolute Gasteiger partial charge is 0.449 e. The lowest BCUT2D eigenvalue weighted by atomic mass is 10.1. The molecule has 0 saturated heterocycles. The second-order valence-electron chi connectivity index (χ2n) is 6.14. The molecule has 2 rings (SSSR count). The number of rotatable bonds is 7. The first kappa shape index (κ1) is 20.3. The fraction of sp³-hybridized carbons (Fsp3) is 0.300. The maximum absolute atomic E-state index is 12.2. The smallest absolute Gasteiger partial charge is 0.339 e. The Balaban J connectivity index is 1.83. The monoisotopic (exact) mass is 393 g/mol. The molecule has 4 nitrogen and oxygen atoms in total. The van der Waals surface area contributed by atoms with E-state index in [9.17, 15) is 9.59 Å². The normalized spacial score (nSPS) is 12.9. The van der Waals surface area contributed by atoms with Crippen LogP contribution in [0.5, 0.6) is 0 Å². The standard InChI is InChI=1S/C20H21Cl2NO3/c1-13(8-9-15-6-4-3-5-7-15)23-19(24)14(2)26-20(25)16-10-17(21)12-18(22)11-16/h3-7,10-14H,8-9H2,1-2H3,(H,23,24)/t13-,14+/m0/s1. The third kappa shape index (κ3) is 6.36. The fourth-order valence-electron chi connectivity index (χ4n) is 2.41. The van der Waals surface area contributed by atoms with Crippen molar-refractivity contribution in [3.63, 3.8) is 0 Å². The molecule has 0 aromatic heterocycles. The molecule has 0 aliphatic heterocycles. The maximum Gasteiger partial charge on any atom is 0.339 e. The molecule has 1 N–H and O–H groups in total. The third-order valence-electron chi connectivity index (χ3n) is 3.85. The van der Waals surface area contributed by atoms with E-state index in [4.69, 9.17) is 27.9 Å². The summed E-state index contributed by atoms with van der Waals surface area (Å²) in [6.07, 6.45) is 0.733. The quantitative estimate of drug-likeness (QED) is 0.694. The summed E-state index contributed by atoms with van der Waals surface area (Å²) in [6.45, 7) is 3.45. The van der Waals surface area contributed by atoms with Crippen LogP contribution >= 0.6 is 23.2 Å². The fourth-order valence-corrected chi connectivity index (χ4v) is 2.94. The zero-order valence-electron chi connectivity index (χ0n) is 14.7. The lowest BCUT2D eigenvalue weighted by Gasteiger charge is -2.18. The van der Waals surface area contributed by atoms with E-state index in [1.165, 1.54) is 30.7 Å². The lowest BCUT2D eigenvalue weighted by Crippen LogP contribution is -2.41. The predicted octanol–water partition coefficient (Wildman–Crippen LogP) is 4.68. The average molecular weight is 394 g/mol. The predicted molar refractivity (Wildman–Crippen MR) is 104 cm³/mol. The molecule has 0 aliphatic rings. The number of halogens is 2. The Bertz CT molecular complexity index is 745. The molecular formula is C20H21Cl2NO3. The Morgan fingerprint density at radius 3 is 2.27 bits per heavy atom. The summed E-state index contributed by atoms with van der Waals surface area (Å²) in [6, 6.07) is 14.4. The summed E-state index contributed by atoms with van der Waals surface area (Å²) in [5.41, 5.74) is 1.42. The molecule has 0 spiro atoms. The van der Waals surface area contributed by atoms with Crippen LogP contribution in [0, 0.1) is 0 Å². The van der Waals surface area contributed by atoms with Gasteiger partial charge in [-0.3, -0.25) is 4.79 Å². The van der Waals surface area contributed by atoms with Gasteiger partial charge in [-0.05, 0) is 50.5 Å². The van der Waals surface area contributed by atoms with Crippen molar-refractivity contribution in [1.29, 1.82) is 0 Å². The Kier molecular flexibility index (Phi) is 7.49. The molecule has 0 heterocycles. The molecule has 0 aliphatic carbocycles. The number of hydrogen-bond donors (Lipinski definition) is 1. The van der Waals surface area contributed by atoms with E-state index in [-0.39, 0.29) is 17.5 Å². The molecule has 2 atom stereocenters. The number of aryl methyl sites for hydroxylation is 1. The van der Waals surface area contributed by atoms with Crippen molar-refractivity contribution >= 4 is 35.1 Å². The van der Waals surface area contributed by atoms with E-state index in [0.717, 1.165) is 12.8 Å². The highest BCUT2D eigenvalue weighted by molar-refractivity contribution is 6.35. The first-order valence-electron chi connectivity index (χ1n) is 8.36. The molecular weight excluding hydrogens is 373 g/mol. The summed E-state index contributed by atoms with van der Waals surface area (Å²) in [7, 11) is 0. The molecule has 1 amide bonds. The van der Waals surface area contributed by atoms with Crippen LogP contribution in [-0.4, -0.2) is 24.0 Å². The SMILES string of the molecule is C[C@@H](CCc1ccccc1)NC(=O)[C@@H](C)OC(=O)c1cc(Cl)cc(Cl)c1. The molecule has 2 aromatic rings. The van der Waals surface area contributed by atoms with E-state index in [0.29, 0.717) is 10.0 Å². The van der Waals surface area contributed by atoms with Gasteiger partial charge >= 0.3 is 5.97 Å². The average Bonchev–Trinajstić information content (AvgIpc) is 2.60. The van der Waals surface area contributed by atoms with E-state index >= 15 is 0 Å². The highest BCUT2D eigenvalue weighted by Gasteiger charge is 2.20. The topological polar surface area (TPSA) is 55.4 Å². The number of hydrogen-bond acceptors (Lipinski definition) is 3. The van der Waals surface area contributed by atoms with Crippen LogP contribution < -0.4 is 5.32 Å². The van der Waals surface area contributed by atoms with Crippen molar-refractivity contribution in [2.24, 2.45) is 0 Å². The van der Waals surface area contributed by atoms with E-state index in [1.807, 2.05) is 25.1 Å². The van der Waals surface area contributed by atoms with Crippen LogP contribution in [0.15, 0.2) is 48.5 Å². The van der Waals surface area contributed by atoms with Crippen molar-refractivity contribution in [2.75, 3.05) is 0 Å². The number of carbonyl (C=O) groups is 2. The molecule has 138 valence electrons. The molecule has 26 heavy (non-hydrogen) atoms. The molecule has 6 heteroatoms. The molecule has 0 radical (unpaired) electrons. The van der Waals surface area contributed by atoms with Gasteiger partial charge in [0.15, 0.2) is 6.10 Å². The van der Waals surface area contributed by atoms with Gasteiger partial charge in [0.1, 0.15) is 0 Å². The summed E-state index contributed by atoms with van der Waals surface area (Å²) >= 11 is 11.8. The summed E-state index contributed by atoms with van der Waals surface area (Å²) in [4.78, 5) is 24.4. The minimum Gasteiger partial charge on any atom is -0.449 e. The first-order chi connectivity index (χ1) is 12.3. The number of amides is 1. The zero-order chi connectivity index (χ0) is 19.1. The van der Waals surface area contributed by atoms with Gasteiger partial charge in [0, 0.05) is 16.1 Å². The zero-order valence-corrected chi connectivity index (χ0v) is 16.2. The van der Waals surface area contributed by atoms with Gasteiger partial charge in [-0.15, -0.1) is 0 Å². The van der Waals surface area contributed by atoms with Crippen molar-refractivity contribution in [3.8, 4) is 0 Å². The van der Waals surface area contributed by atoms with Gasteiger partial charge in [-0.25, -0.2) is 4.79 Å². The minimum absolute atomic E-state index is 0.0375. The van der Waals surface area contributed by atoms with Crippen LogP contribution in [0.3, 0.4) is 0 Å². The summed E-state index contributed by atoms with van der Waals surface area (Å²) in [5, 5.41) is 3.52. The molecule has 0 fully saturated rings. The van der Waals surface area contributed by atoms with Crippen LogP contribution in [0.4, 0.5) is 0 Å². The van der Waals surface area contributed by atoms with Crippen molar-refractivity contribution in [1.82, 2.24) is 5.32 Å². The van der Waals surface area contributed by atoms with Crippen molar-refractivity contribution in [3.05, 3.63) is 69.7 Å². The Hall–Kier alpha value is -2.04. The second kappa shape index (κ2) is 9.60. The van der Waals surface area contributed by atoms with Crippen molar-refractivity contribution in [2.45, 2.75) is 38.8 Å². The van der Waals surface area contributed by atoms with E-state index in [2.05, 4.69) is 17.4 Å². The Morgan fingerprint density at radius 2 is 1.65 bits per heavy atom. The number of benzene rings is 2. The van der Waals surface area contributed by atoms with Gasteiger partial charge in [0.05, 0.1) is 5.56 Å². The summed E-state index contributed by atoms with van der Waals surface area (Å²) < 4.78 is 5.20. The van der Waals surface area contributed by atoms with Crippen LogP contribution in [0.25, 0.3) is 0 Å². The highest BCUT2D eigenvalue weighted by Crippen LogP contribution is 2.20. The minimum atomic E-state index is -0.917. The Labute approximate surface area is 163 Å². The third-order valence-corrected chi connectivity index (χ3v) is 4.29. The van der Waals surface area contributed by atoms with Gasteiger partial charge in [0.2, 0.25) is 0 Å². The molecule has 0 bridgehead atoms. The maximum atomic E-state index is 12.2. The number of nitrogens with one attached hydrogen (secondary N) is 1. The highest BCUT2D eigenvalue weighted by atomic mass is 35.5. The van der Waals surface area contributed by atoms with Gasteiger partial charge in [-0.2, -0.15) is 0 Å². The Morgan fingerprint density at radius 1 is 1.04 bits per heavy atom. The van der Waals surface area contributed by atoms with Crippen LogP contribution in [0.1, 0.15) is 36.2 Å². The van der Waals surface area contributed by atoms with Crippen LogP contribution in [0.2, 0.25) is 10.0 Å². The lowest BCUT2D eigenvalue weighted by molar-refractivity contribution is -0.129.